The zero-order valence-electron chi connectivity index (χ0n) is 30.1. The van der Waals surface area contributed by atoms with Crippen molar-refractivity contribution in [2.45, 2.75) is 51.1 Å². The Bertz CT molecular complexity index is 1800. The molecule has 0 aromatic heterocycles. The molecule has 4 aliphatic heterocycles. The van der Waals surface area contributed by atoms with Crippen molar-refractivity contribution < 1.29 is 28.5 Å². The Morgan fingerprint density at radius 2 is 1.37 bits per heavy atom. The Labute approximate surface area is 310 Å². The average Bonchev–Trinajstić information content (AvgIpc) is 3.41. The molecular weight excluding hydrogens is 683 g/mol. The van der Waals surface area contributed by atoms with Crippen LogP contribution in [0, 0.1) is 11.8 Å². The van der Waals surface area contributed by atoms with Gasteiger partial charge in [0.05, 0.1) is 45.6 Å². The number of carbonyl (C=O) groups is 2. The molecule has 0 aliphatic carbocycles. The van der Waals surface area contributed by atoms with E-state index in [1.54, 1.807) is 64.5 Å². The summed E-state index contributed by atoms with van der Waals surface area (Å²) in [4.78, 5) is 32.5. The van der Waals surface area contributed by atoms with Gasteiger partial charge in [0.1, 0.15) is 4.32 Å². The standard InChI is InChI=1S/C40H47N3O6S2/c1-6-24-23-41-13-11-25-19-34(46-2)36(48-4)21-30(25)32(41)17-27(24)18-33-31-22-37(49-5)35(47-3)20-26(31)12-14-42(33)40(50)51-16-15-43-38(44)28-9-7-8-10-29(28)39(43)45/h7-10,19-22,24,27,32-33H,6,11-18,23H2,1-5H3. The Hall–Kier alpha value is -3.80. The number of methoxy groups -OCH3 is 4. The summed E-state index contributed by atoms with van der Waals surface area (Å²) in [6, 6.07) is 16.1. The van der Waals surface area contributed by atoms with Gasteiger partial charge in [0.25, 0.3) is 11.8 Å². The maximum absolute atomic E-state index is 13.0. The molecule has 0 bridgehead atoms. The minimum Gasteiger partial charge on any atom is -0.493 e. The van der Waals surface area contributed by atoms with Crippen molar-refractivity contribution in [2.24, 2.45) is 11.8 Å². The van der Waals surface area contributed by atoms with E-state index >= 15 is 0 Å². The number of ether oxygens (including phenoxy) is 4. The minimum absolute atomic E-state index is 0.0481. The number of hydrogen-bond donors (Lipinski definition) is 0. The van der Waals surface area contributed by atoms with Gasteiger partial charge in [0.2, 0.25) is 0 Å². The zero-order chi connectivity index (χ0) is 35.8. The van der Waals surface area contributed by atoms with Crippen LogP contribution in [-0.2, 0) is 12.8 Å². The van der Waals surface area contributed by atoms with Gasteiger partial charge in [-0.25, -0.2) is 0 Å². The molecule has 4 unspecified atom stereocenters. The van der Waals surface area contributed by atoms with Gasteiger partial charge in [-0.15, -0.1) is 0 Å². The second-order valence-electron chi connectivity index (χ2n) is 13.9. The largest absolute Gasteiger partial charge is 0.493 e. The monoisotopic (exact) mass is 729 g/mol. The van der Waals surface area contributed by atoms with Crippen LogP contribution in [-0.4, -0.2) is 91.2 Å². The van der Waals surface area contributed by atoms with Crippen LogP contribution in [0.15, 0.2) is 48.5 Å². The lowest BCUT2D eigenvalue weighted by Gasteiger charge is -2.49. The number of imide groups is 1. The van der Waals surface area contributed by atoms with Crippen molar-refractivity contribution in [3.05, 3.63) is 81.9 Å². The van der Waals surface area contributed by atoms with Gasteiger partial charge in [-0.1, -0.05) is 49.5 Å². The Morgan fingerprint density at radius 3 is 1.98 bits per heavy atom. The number of rotatable bonds is 10. The number of nitrogens with zero attached hydrogens (tertiary/aromatic N) is 3. The smallest absolute Gasteiger partial charge is 0.261 e. The number of piperidine rings is 1. The number of carbonyl (C=O) groups excluding carboxylic acids is 2. The molecule has 4 aliphatic rings. The Morgan fingerprint density at radius 1 is 0.804 bits per heavy atom. The summed E-state index contributed by atoms with van der Waals surface area (Å²) in [7, 11) is 6.78. The first kappa shape index (κ1) is 35.6. The molecule has 3 aromatic rings. The predicted molar refractivity (Wildman–Crippen MR) is 204 cm³/mol. The second-order valence-corrected chi connectivity index (χ2v) is 15.6. The summed E-state index contributed by atoms with van der Waals surface area (Å²) in [6.45, 7) is 5.52. The average molecular weight is 730 g/mol. The van der Waals surface area contributed by atoms with Gasteiger partial charge >= 0.3 is 0 Å². The number of amides is 2. The molecule has 270 valence electrons. The predicted octanol–water partition coefficient (Wildman–Crippen LogP) is 6.97. The molecule has 0 radical (unpaired) electrons. The molecular formula is C40H47N3O6S2. The fraction of sp³-hybridized carbons (Fsp3) is 0.475. The van der Waals surface area contributed by atoms with Crippen LogP contribution < -0.4 is 18.9 Å². The van der Waals surface area contributed by atoms with Crippen molar-refractivity contribution in [2.75, 3.05) is 60.4 Å². The van der Waals surface area contributed by atoms with E-state index < -0.39 is 0 Å². The summed E-state index contributed by atoms with van der Waals surface area (Å²) in [5.41, 5.74) is 6.14. The van der Waals surface area contributed by atoms with Crippen molar-refractivity contribution in [3.63, 3.8) is 0 Å². The lowest BCUT2D eigenvalue weighted by atomic mass is 9.72. The minimum atomic E-state index is -0.231. The van der Waals surface area contributed by atoms with Crippen LogP contribution in [0.4, 0.5) is 0 Å². The molecule has 0 N–H and O–H groups in total. The number of thiocarbonyl (C=S) groups is 1. The highest BCUT2D eigenvalue weighted by atomic mass is 32.2. The van der Waals surface area contributed by atoms with Gasteiger partial charge in [-0.05, 0) is 96.2 Å². The van der Waals surface area contributed by atoms with Crippen LogP contribution in [0.5, 0.6) is 23.0 Å². The fourth-order valence-corrected chi connectivity index (χ4v) is 10.1. The molecule has 3 aromatic carbocycles. The van der Waals surface area contributed by atoms with Crippen LogP contribution in [0.25, 0.3) is 0 Å². The number of thioether (sulfide) groups is 1. The van der Waals surface area contributed by atoms with E-state index in [-0.39, 0.29) is 17.9 Å². The third kappa shape index (κ3) is 6.57. The van der Waals surface area contributed by atoms with E-state index in [1.807, 2.05) is 0 Å². The van der Waals surface area contributed by atoms with E-state index in [9.17, 15) is 9.59 Å². The molecule has 0 spiro atoms. The maximum atomic E-state index is 13.0. The molecule has 4 heterocycles. The summed E-state index contributed by atoms with van der Waals surface area (Å²) in [5, 5.41) is 0. The van der Waals surface area contributed by atoms with Gasteiger partial charge in [-0.3, -0.25) is 19.4 Å². The van der Waals surface area contributed by atoms with Gasteiger partial charge < -0.3 is 23.8 Å². The van der Waals surface area contributed by atoms with Crippen molar-refractivity contribution in [1.82, 2.24) is 14.7 Å². The number of fused-ring (bicyclic) bond motifs is 5. The highest BCUT2D eigenvalue weighted by Crippen LogP contribution is 2.49. The summed E-state index contributed by atoms with van der Waals surface area (Å²) in [6.07, 6.45) is 4.95. The third-order valence-electron chi connectivity index (χ3n) is 11.5. The first-order valence-electron chi connectivity index (χ1n) is 17.9. The van der Waals surface area contributed by atoms with E-state index in [0.717, 1.165) is 79.1 Å². The molecule has 51 heavy (non-hydrogen) atoms. The van der Waals surface area contributed by atoms with E-state index in [2.05, 4.69) is 41.0 Å². The summed E-state index contributed by atoms with van der Waals surface area (Å²) in [5.74, 6) is 4.10. The molecule has 7 rings (SSSR count). The molecule has 0 saturated carbocycles. The van der Waals surface area contributed by atoms with Gasteiger partial charge in [0.15, 0.2) is 23.0 Å². The van der Waals surface area contributed by atoms with Crippen LogP contribution in [0.3, 0.4) is 0 Å². The first-order valence-corrected chi connectivity index (χ1v) is 19.3. The normalized spacial score (nSPS) is 22.5. The van der Waals surface area contributed by atoms with Gasteiger partial charge in [-0.2, -0.15) is 0 Å². The number of benzene rings is 3. The van der Waals surface area contributed by atoms with Crippen molar-refractivity contribution in [3.8, 4) is 23.0 Å². The van der Waals surface area contributed by atoms with Crippen molar-refractivity contribution in [1.29, 1.82) is 0 Å². The summed E-state index contributed by atoms with van der Waals surface area (Å²) < 4.78 is 23.7. The Kier molecular flexibility index (Phi) is 10.5. The SMILES string of the molecule is CCC1CN2CCc3cc(OC)c(OC)cc3C2CC1CC1c2cc(OC)c(OC)cc2CCN1C(=S)SCCN1C(=O)c2ccccc2C1=O. The maximum Gasteiger partial charge on any atom is 0.261 e. The fourth-order valence-electron chi connectivity index (χ4n) is 8.79. The molecule has 11 heteroatoms. The molecule has 2 amide bonds. The lowest BCUT2D eigenvalue weighted by Crippen LogP contribution is -2.47. The molecule has 4 atom stereocenters. The third-order valence-corrected chi connectivity index (χ3v) is 12.9. The first-order chi connectivity index (χ1) is 24.8. The highest BCUT2D eigenvalue weighted by Gasteiger charge is 2.42. The second kappa shape index (κ2) is 15.0. The highest BCUT2D eigenvalue weighted by molar-refractivity contribution is 8.22. The molecule has 1 saturated heterocycles. The van der Waals surface area contributed by atoms with E-state index in [0.29, 0.717) is 41.3 Å². The number of hydrogen-bond acceptors (Lipinski definition) is 9. The van der Waals surface area contributed by atoms with Gasteiger partial charge in [0, 0.05) is 38.0 Å². The van der Waals surface area contributed by atoms with Crippen LogP contribution >= 0.6 is 24.0 Å². The molecule has 1 fully saturated rings. The Balaban J connectivity index is 1.15. The molecule has 9 nitrogen and oxygen atoms in total. The topological polar surface area (TPSA) is 80.8 Å². The van der Waals surface area contributed by atoms with E-state index in [4.69, 9.17) is 31.2 Å². The van der Waals surface area contributed by atoms with Crippen LogP contribution in [0.1, 0.15) is 81.2 Å². The summed E-state index contributed by atoms with van der Waals surface area (Å²) >= 11 is 7.75. The van der Waals surface area contributed by atoms with Crippen LogP contribution in [0.2, 0.25) is 0 Å². The van der Waals surface area contributed by atoms with Crippen molar-refractivity contribution >= 4 is 40.1 Å². The van der Waals surface area contributed by atoms with E-state index in [1.165, 1.54) is 27.2 Å². The lowest BCUT2D eigenvalue weighted by molar-refractivity contribution is 0.0381. The zero-order valence-corrected chi connectivity index (χ0v) is 31.7. The quantitative estimate of drug-likeness (QED) is 0.161.